The van der Waals surface area contributed by atoms with Crippen LogP contribution in [0.5, 0.6) is 5.75 Å². The molecule has 0 atom stereocenters. The van der Waals surface area contributed by atoms with Gasteiger partial charge in [0, 0.05) is 23.2 Å². The first kappa shape index (κ1) is 10.0. The van der Waals surface area contributed by atoms with E-state index in [4.69, 9.17) is 4.74 Å². The molecule has 1 aromatic rings. The van der Waals surface area contributed by atoms with Crippen molar-refractivity contribution < 1.29 is 4.74 Å². The number of rotatable bonds is 3. The quantitative estimate of drug-likeness (QED) is 0.839. The molecule has 1 fully saturated rings. The number of anilines is 1. The van der Waals surface area contributed by atoms with Crippen molar-refractivity contribution in [2.75, 3.05) is 18.5 Å². The van der Waals surface area contributed by atoms with E-state index in [0.29, 0.717) is 5.41 Å². The van der Waals surface area contributed by atoms with E-state index in [0.717, 1.165) is 25.3 Å². The second-order valence-corrected chi connectivity index (χ2v) is 5.41. The second kappa shape index (κ2) is 3.69. The number of ether oxygens (including phenoxy) is 1. The van der Waals surface area contributed by atoms with Crippen molar-refractivity contribution in [3.63, 3.8) is 0 Å². The average molecular weight is 217 g/mol. The zero-order valence-electron chi connectivity index (χ0n) is 9.88. The standard InChI is InChI=1S/C14H19NO/c1-14(7-3-8-14)10-16-13-5-2-4-12-11(13)6-9-15-12/h2,4-5,15H,3,6-10H2,1H3. The Morgan fingerprint density at radius 3 is 3.00 bits per heavy atom. The lowest BCUT2D eigenvalue weighted by molar-refractivity contribution is 0.0772. The van der Waals surface area contributed by atoms with Crippen molar-refractivity contribution in [2.24, 2.45) is 5.41 Å². The molecule has 1 aliphatic carbocycles. The van der Waals surface area contributed by atoms with E-state index in [9.17, 15) is 0 Å². The van der Waals surface area contributed by atoms with Crippen LogP contribution in [-0.4, -0.2) is 13.2 Å². The first-order valence-electron chi connectivity index (χ1n) is 6.25. The number of hydrogen-bond donors (Lipinski definition) is 1. The third-order valence-corrected chi connectivity index (χ3v) is 3.96. The van der Waals surface area contributed by atoms with Crippen molar-refractivity contribution in [1.29, 1.82) is 0 Å². The Balaban J connectivity index is 1.72. The first-order chi connectivity index (χ1) is 7.77. The lowest BCUT2D eigenvalue weighted by Gasteiger charge is -2.38. The maximum atomic E-state index is 6.02. The molecular formula is C14H19NO. The van der Waals surface area contributed by atoms with Gasteiger partial charge in [0.15, 0.2) is 0 Å². The summed E-state index contributed by atoms with van der Waals surface area (Å²) < 4.78 is 6.02. The molecule has 2 nitrogen and oxygen atoms in total. The summed E-state index contributed by atoms with van der Waals surface area (Å²) in [6, 6.07) is 6.32. The zero-order valence-corrected chi connectivity index (χ0v) is 9.88. The molecule has 1 aliphatic heterocycles. The fraction of sp³-hybridized carbons (Fsp3) is 0.571. The lowest BCUT2D eigenvalue weighted by atomic mass is 9.71. The maximum Gasteiger partial charge on any atom is 0.124 e. The molecule has 3 rings (SSSR count). The molecule has 0 radical (unpaired) electrons. The van der Waals surface area contributed by atoms with Gasteiger partial charge in [-0.3, -0.25) is 0 Å². The molecule has 1 heterocycles. The highest BCUT2D eigenvalue weighted by molar-refractivity contribution is 5.61. The largest absolute Gasteiger partial charge is 0.493 e. The van der Waals surface area contributed by atoms with Crippen molar-refractivity contribution in [3.05, 3.63) is 23.8 Å². The van der Waals surface area contributed by atoms with Crippen LogP contribution < -0.4 is 10.1 Å². The molecule has 0 unspecified atom stereocenters. The number of nitrogens with one attached hydrogen (secondary N) is 1. The van der Waals surface area contributed by atoms with Crippen LogP contribution in [0.2, 0.25) is 0 Å². The predicted molar refractivity (Wildman–Crippen MR) is 66.1 cm³/mol. The number of benzene rings is 1. The van der Waals surface area contributed by atoms with Crippen LogP contribution in [0.1, 0.15) is 31.7 Å². The van der Waals surface area contributed by atoms with E-state index in [2.05, 4.69) is 30.4 Å². The van der Waals surface area contributed by atoms with Gasteiger partial charge < -0.3 is 10.1 Å². The molecule has 1 aromatic carbocycles. The van der Waals surface area contributed by atoms with Gasteiger partial charge in [0.1, 0.15) is 5.75 Å². The van der Waals surface area contributed by atoms with Gasteiger partial charge in [0.25, 0.3) is 0 Å². The third-order valence-electron chi connectivity index (χ3n) is 3.96. The van der Waals surface area contributed by atoms with Gasteiger partial charge in [-0.25, -0.2) is 0 Å². The highest BCUT2D eigenvalue weighted by atomic mass is 16.5. The monoisotopic (exact) mass is 217 g/mol. The molecule has 0 aromatic heterocycles. The normalized spacial score (nSPS) is 20.8. The highest BCUT2D eigenvalue weighted by Gasteiger charge is 2.32. The summed E-state index contributed by atoms with van der Waals surface area (Å²) in [5, 5.41) is 3.39. The van der Waals surface area contributed by atoms with Gasteiger partial charge in [-0.1, -0.05) is 19.4 Å². The Kier molecular flexibility index (Phi) is 2.31. The third kappa shape index (κ3) is 1.66. The lowest BCUT2D eigenvalue weighted by Crippen LogP contribution is -2.32. The van der Waals surface area contributed by atoms with Crippen LogP contribution in [0.25, 0.3) is 0 Å². The van der Waals surface area contributed by atoms with Crippen LogP contribution >= 0.6 is 0 Å². The summed E-state index contributed by atoms with van der Waals surface area (Å²) in [7, 11) is 0. The molecule has 1 N–H and O–H groups in total. The molecule has 2 aliphatic rings. The minimum Gasteiger partial charge on any atom is -0.493 e. The van der Waals surface area contributed by atoms with Crippen LogP contribution in [0.15, 0.2) is 18.2 Å². The van der Waals surface area contributed by atoms with Crippen LogP contribution in [0, 0.1) is 5.41 Å². The molecule has 1 saturated carbocycles. The molecule has 0 amide bonds. The Morgan fingerprint density at radius 2 is 2.25 bits per heavy atom. The summed E-state index contributed by atoms with van der Waals surface area (Å²) in [4.78, 5) is 0. The molecular weight excluding hydrogens is 198 g/mol. The Bertz CT molecular complexity index is 396. The fourth-order valence-electron chi connectivity index (χ4n) is 2.62. The summed E-state index contributed by atoms with van der Waals surface area (Å²) in [5.74, 6) is 1.09. The van der Waals surface area contributed by atoms with Crippen molar-refractivity contribution in [1.82, 2.24) is 0 Å². The molecule has 0 bridgehead atoms. The Morgan fingerprint density at radius 1 is 1.38 bits per heavy atom. The topological polar surface area (TPSA) is 21.3 Å². The summed E-state index contributed by atoms with van der Waals surface area (Å²) in [6.45, 7) is 4.26. The Hall–Kier alpha value is -1.18. The van der Waals surface area contributed by atoms with Gasteiger partial charge >= 0.3 is 0 Å². The minimum absolute atomic E-state index is 0.439. The van der Waals surface area contributed by atoms with Gasteiger partial charge in [-0.05, 0) is 31.4 Å². The van der Waals surface area contributed by atoms with E-state index in [-0.39, 0.29) is 0 Å². The zero-order chi connectivity index (χ0) is 11.0. The molecule has 0 spiro atoms. The van der Waals surface area contributed by atoms with Crippen LogP contribution in [0.4, 0.5) is 5.69 Å². The van der Waals surface area contributed by atoms with Crippen molar-refractivity contribution in [3.8, 4) is 5.75 Å². The van der Waals surface area contributed by atoms with E-state index < -0.39 is 0 Å². The van der Waals surface area contributed by atoms with Gasteiger partial charge in [-0.15, -0.1) is 0 Å². The SMILES string of the molecule is CC1(COc2cccc3c2CCN3)CCC1. The van der Waals surface area contributed by atoms with E-state index in [1.807, 2.05) is 0 Å². The second-order valence-electron chi connectivity index (χ2n) is 5.41. The van der Waals surface area contributed by atoms with E-state index in [1.54, 1.807) is 0 Å². The number of hydrogen-bond acceptors (Lipinski definition) is 2. The molecule has 2 heteroatoms. The van der Waals surface area contributed by atoms with Gasteiger partial charge in [-0.2, -0.15) is 0 Å². The molecule has 86 valence electrons. The summed E-state index contributed by atoms with van der Waals surface area (Å²) >= 11 is 0. The predicted octanol–water partition coefficient (Wildman–Crippen LogP) is 3.22. The highest BCUT2D eigenvalue weighted by Crippen LogP contribution is 2.41. The molecule has 16 heavy (non-hydrogen) atoms. The van der Waals surface area contributed by atoms with Crippen LogP contribution in [0.3, 0.4) is 0 Å². The summed E-state index contributed by atoms with van der Waals surface area (Å²) in [6.07, 6.45) is 5.11. The Labute approximate surface area is 97.0 Å². The van der Waals surface area contributed by atoms with Crippen LogP contribution in [-0.2, 0) is 6.42 Å². The first-order valence-corrected chi connectivity index (χ1v) is 6.25. The fourth-order valence-corrected chi connectivity index (χ4v) is 2.62. The van der Waals surface area contributed by atoms with E-state index in [1.165, 1.54) is 30.5 Å². The molecule has 0 saturated heterocycles. The number of fused-ring (bicyclic) bond motifs is 1. The van der Waals surface area contributed by atoms with Crippen molar-refractivity contribution in [2.45, 2.75) is 32.6 Å². The maximum absolute atomic E-state index is 6.02. The smallest absolute Gasteiger partial charge is 0.124 e. The minimum atomic E-state index is 0.439. The van der Waals surface area contributed by atoms with Gasteiger partial charge in [0.05, 0.1) is 6.61 Å². The van der Waals surface area contributed by atoms with E-state index >= 15 is 0 Å². The van der Waals surface area contributed by atoms with Crippen molar-refractivity contribution >= 4 is 5.69 Å². The average Bonchev–Trinajstić information content (AvgIpc) is 2.72. The summed E-state index contributed by atoms with van der Waals surface area (Å²) in [5.41, 5.74) is 3.07. The van der Waals surface area contributed by atoms with Gasteiger partial charge in [0.2, 0.25) is 0 Å².